The number of carbonyl (C=O) groups is 2. The molecule has 0 aromatic heterocycles. The fraction of sp³-hybridized carbons (Fsp3) is 0.529. The van der Waals surface area contributed by atoms with E-state index in [4.69, 9.17) is 0 Å². The molecule has 0 bridgehead atoms. The van der Waals surface area contributed by atoms with Gasteiger partial charge in [0.15, 0.2) is 0 Å². The third-order valence-electron chi connectivity index (χ3n) is 4.28. The Kier molecular flexibility index (Phi) is 7.13. The van der Waals surface area contributed by atoms with Gasteiger partial charge >= 0.3 is 0 Å². The van der Waals surface area contributed by atoms with Gasteiger partial charge in [-0.05, 0) is 37.7 Å². The van der Waals surface area contributed by atoms with Crippen LogP contribution < -0.4 is 10.0 Å². The van der Waals surface area contributed by atoms with Gasteiger partial charge in [0.1, 0.15) is 0 Å². The molecular formula is C17H26N4O4S. The molecule has 9 heteroatoms. The van der Waals surface area contributed by atoms with Gasteiger partial charge in [0, 0.05) is 38.3 Å². The van der Waals surface area contributed by atoms with Crippen molar-refractivity contribution in [3.63, 3.8) is 0 Å². The third kappa shape index (κ3) is 5.26. The van der Waals surface area contributed by atoms with Crippen molar-refractivity contribution >= 4 is 21.8 Å². The molecule has 1 heterocycles. The molecule has 0 radical (unpaired) electrons. The molecule has 144 valence electrons. The van der Waals surface area contributed by atoms with E-state index >= 15 is 0 Å². The van der Waals surface area contributed by atoms with E-state index in [2.05, 4.69) is 10.0 Å². The second-order valence-electron chi connectivity index (χ2n) is 6.15. The summed E-state index contributed by atoms with van der Waals surface area (Å²) in [5, 5.41) is 2.85. The smallest absolute Gasteiger partial charge is 0.253 e. The van der Waals surface area contributed by atoms with Crippen LogP contribution in [0.1, 0.15) is 23.7 Å². The van der Waals surface area contributed by atoms with Gasteiger partial charge in [0.05, 0.1) is 11.4 Å². The molecule has 0 spiro atoms. The molecule has 0 atom stereocenters. The number of hydrogen-bond acceptors (Lipinski definition) is 5. The quantitative estimate of drug-likeness (QED) is 0.685. The maximum absolute atomic E-state index is 12.6. The number of benzene rings is 1. The van der Waals surface area contributed by atoms with E-state index < -0.39 is 10.0 Å². The summed E-state index contributed by atoms with van der Waals surface area (Å²) in [6.07, 6.45) is 0.905. The number of sulfonamides is 1. The van der Waals surface area contributed by atoms with Gasteiger partial charge in [0.25, 0.3) is 5.91 Å². The summed E-state index contributed by atoms with van der Waals surface area (Å²) in [5.74, 6) is -0.124. The monoisotopic (exact) mass is 382 g/mol. The second kappa shape index (κ2) is 9.11. The van der Waals surface area contributed by atoms with Crippen molar-refractivity contribution in [1.29, 1.82) is 0 Å². The lowest BCUT2D eigenvalue weighted by Crippen LogP contribution is -2.51. The summed E-state index contributed by atoms with van der Waals surface area (Å²) >= 11 is 0. The summed E-state index contributed by atoms with van der Waals surface area (Å²) in [4.78, 5) is 28.2. The zero-order chi connectivity index (χ0) is 19.2. The number of hydrogen-bond donors (Lipinski definition) is 2. The number of nitrogens with one attached hydrogen (secondary N) is 2. The van der Waals surface area contributed by atoms with Crippen LogP contribution in [0.15, 0.2) is 29.2 Å². The van der Waals surface area contributed by atoms with Crippen molar-refractivity contribution < 1.29 is 18.0 Å². The van der Waals surface area contributed by atoms with E-state index in [9.17, 15) is 18.0 Å². The standard InChI is InChI=1S/C17H26N4O4S/c1-3-8-19-16(22)13-20-9-11-21(12-10-20)17(23)14-4-6-15(7-5-14)26(24,25)18-2/h4-7,18H,3,8-13H2,1-2H3,(H,19,22). The average Bonchev–Trinajstić information content (AvgIpc) is 2.66. The van der Waals surface area contributed by atoms with Crippen LogP contribution in [-0.4, -0.2) is 76.3 Å². The van der Waals surface area contributed by atoms with Gasteiger partial charge in [-0.15, -0.1) is 0 Å². The first-order valence-electron chi connectivity index (χ1n) is 8.69. The topological polar surface area (TPSA) is 98.8 Å². The first-order valence-corrected chi connectivity index (χ1v) is 10.2. The van der Waals surface area contributed by atoms with E-state index in [-0.39, 0.29) is 16.7 Å². The number of carbonyl (C=O) groups excluding carboxylic acids is 2. The molecule has 2 amide bonds. The van der Waals surface area contributed by atoms with Crippen LogP contribution in [0.3, 0.4) is 0 Å². The van der Waals surface area contributed by atoms with Crippen LogP contribution in [0.25, 0.3) is 0 Å². The molecule has 1 saturated heterocycles. The summed E-state index contributed by atoms with van der Waals surface area (Å²) in [6, 6.07) is 5.90. The zero-order valence-corrected chi connectivity index (χ0v) is 16.0. The van der Waals surface area contributed by atoms with Crippen LogP contribution in [0.4, 0.5) is 0 Å². The minimum absolute atomic E-state index is 0.00737. The predicted molar refractivity (Wildman–Crippen MR) is 98.3 cm³/mol. The van der Waals surface area contributed by atoms with Gasteiger partial charge in [-0.3, -0.25) is 14.5 Å². The summed E-state index contributed by atoms with van der Waals surface area (Å²) < 4.78 is 25.7. The highest BCUT2D eigenvalue weighted by molar-refractivity contribution is 7.89. The average molecular weight is 382 g/mol. The Bertz CT molecular complexity index is 726. The lowest BCUT2D eigenvalue weighted by atomic mass is 10.2. The van der Waals surface area contributed by atoms with E-state index in [1.807, 2.05) is 11.8 Å². The molecule has 0 aliphatic carbocycles. The maximum atomic E-state index is 12.6. The maximum Gasteiger partial charge on any atom is 0.253 e. The normalized spacial score (nSPS) is 15.7. The van der Waals surface area contributed by atoms with Gasteiger partial charge in [-0.1, -0.05) is 6.92 Å². The minimum atomic E-state index is -3.51. The molecule has 1 aromatic carbocycles. The molecule has 2 N–H and O–H groups in total. The van der Waals surface area contributed by atoms with Crippen molar-refractivity contribution in [3.8, 4) is 0 Å². The summed E-state index contributed by atoms with van der Waals surface area (Å²) in [6.45, 7) is 5.38. The molecule has 1 aliphatic heterocycles. The highest BCUT2D eigenvalue weighted by Crippen LogP contribution is 2.13. The Hall–Kier alpha value is -1.97. The first kappa shape index (κ1) is 20.3. The Labute approximate surface area is 154 Å². The lowest BCUT2D eigenvalue weighted by Gasteiger charge is -2.34. The summed E-state index contributed by atoms with van der Waals surface area (Å²) in [5.41, 5.74) is 0.453. The van der Waals surface area contributed by atoms with Crippen molar-refractivity contribution in [2.24, 2.45) is 0 Å². The van der Waals surface area contributed by atoms with Crippen LogP contribution in [-0.2, 0) is 14.8 Å². The fourth-order valence-electron chi connectivity index (χ4n) is 2.71. The largest absolute Gasteiger partial charge is 0.355 e. The van der Waals surface area contributed by atoms with Crippen molar-refractivity contribution in [2.75, 3.05) is 46.3 Å². The SMILES string of the molecule is CCCNC(=O)CN1CCN(C(=O)c2ccc(S(=O)(=O)NC)cc2)CC1. The minimum Gasteiger partial charge on any atom is -0.355 e. The second-order valence-corrected chi connectivity index (χ2v) is 8.04. The van der Waals surface area contributed by atoms with Crippen molar-refractivity contribution in [3.05, 3.63) is 29.8 Å². The molecule has 8 nitrogen and oxygen atoms in total. The van der Waals surface area contributed by atoms with Crippen molar-refractivity contribution in [2.45, 2.75) is 18.2 Å². The zero-order valence-electron chi connectivity index (χ0n) is 15.2. The third-order valence-corrected chi connectivity index (χ3v) is 5.71. The Morgan fingerprint density at radius 3 is 2.23 bits per heavy atom. The van der Waals surface area contributed by atoms with Crippen LogP contribution >= 0.6 is 0 Å². The Balaban J connectivity index is 1.89. The number of piperazine rings is 1. The van der Waals surface area contributed by atoms with Gasteiger partial charge in [0.2, 0.25) is 15.9 Å². The van der Waals surface area contributed by atoms with E-state index in [1.54, 1.807) is 4.90 Å². The van der Waals surface area contributed by atoms with Gasteiger partial charge < -0.3 is 10.2 Å². The predicted octanol–water partition coefficient (Wildman–Crippen LogP) is -0.121. The van der Waals surface area contributed by atoms with Gasteiger partial charge in [-0.2, -0.15) is 0 Å². The molecular weight excluding hydrogens is 356 g/mol. The molecule has 0 unspecified atom stereocenters. The number of rotatable bonds is 7. The molecule has 26 heavy (non-hydrogen) atoms. The highest BCUT2D eigenvalue weighted by Gasteiger charge is 2.23. The highest BCUT2D eigenvalue weighted by atomic mass is 32.2. The number of amides is 2. The number of nitrogens with zero attached hydrogens (tertiary/aromatic N) is 2. The summed E-state index contributed by atoms with van der Waals surface area (Å²) in [7, 11) is -2.17. The molecule has 1 aliphatic rings. The molecule has 0 saturated carbocycles. The molecule has 2 rings (SSSR count). The Morgan fingerprint density at radius 1 is 1.08 bits per heavy atom. The van der Waals surface area contributed by atoms with E-state index in [0.29, 0.717) is 44.8 Å². The fourth-order valence-corrected chi connectivity index (χ4v) is 3.44. The molecule has 1 aromatic rings. The lowest BCUT2D eigenvalue weighted by molar-refractivity contribution is -0.122. The first-order chi connectivity index (χ1) is 12.4. The van der Waals surface area contributed by atoms with E-state index in [0.717, 1.165) is 6.42 Å². The van der Waals surface area contributed by atoms with Crippen LogP contribution in [0.5, 0.6) is 0 Å². The Morgan fingerprint density at radius 2 is 1.69 bits per heavy atom. The van der Waals surface area contributed by atoms with Gasteiger partial charge in [-0.25, -0.2) is 13.1 Å². The van der Waals surface area contributed by atoms with E-state index in [1.165, 1.54) is 31.3 Å². The van der Waals surface area contributed by atoms with Crippen LogP contribution in [0, 0.1) is 0 Å². The van der Waals surface area contributed by atoms with Crippen LogP contribution in [0.2, 0.25) is 0 Å². The van der Waals surface area contributed by atoms with Crippen molar-refractivity contribution in [1.82, 2.24) is 19.8 Å². The molecule has 1 fully saturated rings.